The third-order valence-corrected chi connectivity index (χ3v) is 3.55. The van der Waals surface area contributed by atoms with Crippen molar-refractivity contribution in [3.63, 3.8) is 0 Å². The van der Waals surface area contributed by atoms with Gasteiger partial charge in [0, 0.05) is 16.7 Å². The maximum atomic E-state index is 6.02. The zero-order valence-corrected chi connectivity index (χ0v) is 10.9. The molecule has 97 valence electrons. The lowest BCUT2D eigenvalue weighted by Crippen LogP contribution is -2.25. The van der Waals surface area contributed by atoms with Crippen LogP contribution in [0, 0.1) is 6.08 Å². The number of ether oxygens (including phenoxy) is 2. The van der Waals surface area contributed by atoms with Gasteiger partial charge in [0.2, 0.25) is 0 Å². The molecular formula is C18H13O2. The Kier molecular flexibility index (Phi) is 2.59. The highest BCUT2D eigenvalue weighted by Gasteiger charge is 2.22. The smallest absolute Gasteiger partial charge is 0.143 e. The molecule has 0 bridgehead atoms. The molecule has 20 heavy (non-hydrogen) atoms. The van der Waals surface area contributed by atoms with Gasteiger partial charge in [-0.05, 0) is 30.4 Å². The molecule has 0 N–H and O–H groups in total. The first-order valence-corrected chi connectivity index (χ1v) is 6.68. The van der Waals surface area contributed by atoms with Crippen LogP contribution in [0.15, 0.2) is 60.2 Å². The van der Waals surface area contributed by atoms with Crippen LogP contribution in [0.3, 0.4) is 0 Å². The van der Waals surface area contributed by atoms with Gasteiger partial charge in [0.05, 0.1) is 0 Å². The Morgan fingerprint density at radius 3 is 2.70 bits per heavy atom. The van der Waals surface area contributed by atoms with Gasteiger partial charge in [-0.1, -0.05) is 36.4 Å². The van der Waals surface area contributed by atoms with Crippen molar-refractivity contribution in [2.45, 2.75) is 6.10 Å². The van der Waals surface area contributed by atoms with Crippen molar-refractivity contribution in [2.75, 3.05) is 6.61 Å². The Morgan fingerprint density at radius 1 is 0.950 bits per heavy atom. The number of hydrogen-bond donors (Lipinski definition) is 0. The molecule has 0 saturated carbocycles. The first kappa shape index (κ1) is 11.4. The van der Waals surface area contributed by atoms with Gasteiger partial charge in [0.25, 0.3) is 0 Å². The van der Waals surface area contributed by atoms with Crippen LogP contribution in [0.4, 0.5) is 0 Å². The zero-order valence-electron chi connectivity index (χ0n) is 10.9. The van der Waals surface area contributed by atoms with E-state index >= 15 is 0 Å². The molecule has 1 atom stereocenters. The highest BCUT2D eigenvalue weighted by Crippen LogP contribution is 2.31. The standard InChI is InChI=1S/C18H13O2/c1-4-8-17-13(5-1)9-10-18(20-17)15-11-14-6-2-3-7-16(14)19-12-15/h1-8,10-11,18H,12H2. The summed E-state index contributed by atoms with van der Waals surface area (Å²) in [5.74, 6) is 1.81. The van der Waals surface area contributed by atoms with Gasteiger partial charge in [-0.2, -0.15) is 0 Å². The second-order valence-corrected chi connectivity index (χ2v) is 4.89. The molecule has 0 amide bonds. The lowest BCUT2D eigenvalue weighted by Gasteiger charge is -2.26. The topological polar surface area (TPSA) is 18.5 Å². The summed E-state index contributed by atoms with van der Waals surface area (Å²) in [5.41, 5.74) is 3.22. The van der Waals surface area contributed by atoms with E-state index in [2.05, 4.69) is 18.2 Å². The Bertz CT molecular complexity index is 713. The minimum atomic E-state index is -0.0988. The van der Waals surface area contributed by atoms with Crippen molar-refractivity contribution < 1.29 is 9.47 Å². The van der Waals surface area contributed by atoms with Crippen LogP contribution in [0.5, 0.6) is 11.5 Å². The van der Waals surface area contributed by atoms with E-state index in [1.165, 1.54) is 0 Å². The quantitative estimate of drug-likeness (QED) is 0.780. The molecule has 0 aromatic heterocycles. The second-order valence-electron chi connectivity index (χ2n) is 4.89. The molecule has 2 aromatic rings. The van der Waals surface area contributed by atoms with Crippen molar-refractivity contribution in [3.05, 3.63) is 77.4 Å². The van der Waals surface area contributed by atoms with Gasteiger partial charge in [-0.25, -0.2) is 0 Å². The average molecular weight is 261 g/mol. The molecule has 0 saturated heterocycles. The predicted octanol–water partition coefficient (Wildman–Crippen LogP) is 3.63. The van der Waals surface area contributed by atoms with E-state index in [4.69, 9.17) is 9.47 Å². The molecule has 2 aliphatic rings. The fourth-order valence-corrected chi connectivity index (χ4v) is 2.51. The average Bonchev–Trinajstić information content (AvgIpc) is 2.54. The van der Waals surface area contributed by atoms with E-state index in [-0.39, 0.29) is 6.10 Å². The van der Waals surface area contributed by atoms with Crippen molar-refractivity contribution in [2.24, 2.45) is 0 Å². The van der Waals surface area contributed by atoms with E-state index in [1.807, 2.05) is 48.5 Å². The molecule has 1 radical (unpaired) electrons. The fraction of sp³-hybridized carbons (Fsp3) is 0.111. The third kappa shape index (κ3) is 1.90. The molecule has 1 unspecified atom stereocenters. The lowest BCUT2D eigenvalue weighted by molar-refractivity contribution is 0.246. The minimum absolute atomic E-state index is 0.0988. The Hall–Kier alpha value is -2.48. The zero-order chi connectivity index (χ0) is 13.4. The van der Waals surface area contributed by atoms with Crippen molar-refractivity contribution in [1.82, 2.24) is 0 Å². The summed E-state index contributed by atoms with van der Waals surface area (Å²) >= 11 is 0. The summed E-state index contributed by atoms with van der Waals surface area (Å²) < 4.78 is 11.8. The molecule has 2 heteroatoms. The molecule has 0 spiro atoms. The van der Waals surface area contributed by atoms with E-state index in [0.29, 0.717) is 6.61 Å². The van der Waals surface area contributed by atoms with Gasteiger partial charge in [0.15, 0.2) is 0 Å². The minimum Gasteiger partial charge on any atom is -0.488 e. The molecule has 2 nitrogen and oxygen atoms in total. The summed E-state index contributed by atoms with van der Waals surface area (Å²) in [6.45, 7) is 0.558. The van der Waals surface area contributed by atoms with Gasteiger partial charge in [-0.3, -0.25) is 0 Å². The van der Waals surface area contributed by atoms with Crippen LogP contribution in [0.1, 0.15) is 11.1 Å². The maximum Gasteiger partial charge on any atom is 0.143 e. The molecule has 2 aliphatic heterocycles. The Balaban J connectivity index is 1.67. The highest BCUT2D eigenvalue weighted by atomic mass is 16.5. The number of fused-ring (bicyclic) bond motifs is 2. The summed E-state index contributed by atoms with van der Waals surface area (Å²) in [6.07, 6.45) is 7.30. The van der Waals surface area contributed by atoms with E-state index in [1.54, 1.807) is 0 Å². The van der Waals surface area contributed by atoms with Crippen LogP contribution in [-0.4, -0.2) is 12.7 Å². The van der Waals surface area contributed by atoms with Gasteiger partial charge in [-0.15, -0.1) is 0 Å². The second kappa shape index (κ2) is 4.57. The third-order valence-electron chi connectivity index (χ3n) is 3.55. The number of hydrogen-bond acceptors (Lipinski definition) is 2. The van der Waals surface area contributed by atoms with Crippen LogP contribution in [0.2, 0.25) is 0 Å². The predicted molar refractivity (Wildman–Crippen MR) is 77.7 cm³/mol. The molecular weight excluding hydrogens is 248 g/mol. The Morgan fingerprint density at radius 2 is 1.75 bits per heavy atom. The van der Waals surface area contributed by atoms with Crippen molar-refractivity contribution >= 4 is 6.08 Å². The van der Waals surface area contributed by atoms with Crippen LogP contribution in [-0.2, 0) is 0 Å². The first-order chi connectivity index (χ1) is 9.90. The summed E-state index contributed by atoms with van der Waals surface area (Å²) in [7, 11) is 0. The van der Waals surface area contributed by atoms with Gasteiger partial charge < -0.3 is 9.47 Å². The number of rotatable bonds is 1. The molecule has 4 rings (SSSR count). The summed E-state index contributed by atoms with van der Waals surface area (Å²) in [6, 6.07) is 16.0. The number of para-hydroxylation sites is 2. The van der Waals surface area contributed by atoms with Gasteiger partial charge in [0.1, 0.15) is 24.2 Å². The maximum absolute atomic E-state index is 6.02. The summed E-state index contributed by atoms with van der Waals surface area (Å²) in [5, 5.41) is 0. The molecule has 2 heterocycles. The normalized spacial score (nSPS) is 19.2. The molecule has 0 aliphatic carbocycles. The monoisotopic (exact) mass is 261 g/mol. The van der Waals surface area contributed by atoms with E-state index in [9.17, 15) is 0 Å². The van der Waals surface area contributed by atoms with E-state index in [0.717, 1.165) is 28.2 Å². The number of benzene rings is 2. The van der Waals surface area contributed by atoms with E-state index < -0.39 is 0 Å². The first-order valence-electron chi connectivity index (χ1n) is 6.68. The molecule has 0 fully saturated rings. The van der Waals surface area contributed by atoms with Crippen molar-refractivity contribution in [1.29, 1.82) is 0 Å². The summed E-state index contributed by atoms with van der Waals surface area (Å²) in [4.78, 5) is 0. The fourth-order valence-electron chi connectivity index (χ4n) is 2.51. The van der Waals surface area contributed by atoms with Crippen LogP contribution >= 0.6 is 0 Å². The van der Waals surface area contributed by atoms with Crippen LogP contribution < -0.4 is 9.47 Å². The van der Waals surface area contributed by atoms with Gasteiger partial charge >= 0.3 is 0 Å². The van der Waals surface area contributed by atoms with Crippen molar-refractivity contribution in [3.8, 4) is 11.5 Å². The highest BCUT2D eigenvalue weighted by molar-refractivity contribution is 5.63. The Labute approximate surface area is 118 Å². The lowest BCUT2D eigenvalue weighted by atomic mass is 10.0. The molecule has 2 aromatic carbocycles. The SMILES string of the molecule is [C]1=CC(C2=Cc3ccccc3OC2)Oc2ccccc21. The van der Waals surface area contributed by atoms with Crippen LogP contribution in [0.25, 0.3) is 6.08 Å². The largest absolute Gasteiger partial charge is 0.488 e.